The normalized spacial score (nSPS) is 9.92. The van der Waals surface area contributed by atoms with Gasteiger partial charge in [0.2, 0.25) is 0 Å². The van der Waals surface area contributed by atoms with Crippen molar-refractivity contribution in [3.8, 4) is 0 Å². The number of rotatable bonds is 2. The average molecular weight is 365 g/mol. The van der Waals surface area contributed by atoms with Crippen LogP contribution in [-0.2, 0) is 27.7 Å². The Morgan fingerprint density at radius 1 is 1.00 bits per heavy atom. The summed E-state index contributed by atoms with van der Waals surface area (Å²) in [6.07, 6.45) is 0. The van der Waals surface area contributed by atoms with E-state index in [2.05, 4.69) is 33.8 Å². The van der Waals surface area contributed by atoms with Gasteiger partial charge in [-0.3, -0.25) is 0 Å². The van der Waals surface area contributed by atoms with Gasteiger partial charge in [0.25, 0.3) is 0 Å². The molecule has 0 aliphatic heterocycles. The van der Waals surface area contributed by atoms with Crippen molar-refractivity contribution in [1.29, 1.82) is 0 Å². The van der Waals surface area contributed by atoms with Crippen molar-refractivity contribution in [1.82, 2.24) is 0 Å². The van der Waals surface area contributed by atoms with E-state index in [4.69, 9.17) is 2.64 Å². The van der Waals surface area contributed by atoms with Gasteiger partial charge < -0.3 is 0 Å². The zero-order valence-electron chi connectivity index (χ0n) is 9.19. The molecule has 0 atom stereocenters. The molecule has 1 nitrogen and oxygen atoms in total. The van der Waals surface area contributed by atoms with E-state index >= 15 is 0 Å². The van der Waals surface area contributed by atoms with Gasteiger partial charge in [0.05, 0.1) is 0 Å². The second kappa shape index (κ2) is 4.56. The minimum atomic E-state index is -1.24. The summed E-state index contributed by atoms with van der Waals surface area (Å²) in [7, 11) is 1.85. The topological polar surface area (TPSA) is 9.23 Å². The maximum absolute atomic E-state index is 5.42. The van der Waals surface area contributed by atoms with Crippen LogP contribution in [0.25, 0.3) is 0 Å². The standard InChI is InChI=1S/C10H13.CH3O.Hg/c1-7-5-9(3)10(4)6-8(7)2;1-2;/h5H,1-4H3;1H3;/q;-1;+1. The van der Waals surface area contributed by atoms with E-state index < -0.39 is 25.0 Å². The summed E-state index contributed by atoms with van der Waals surface area (Å²) in [6.45, 7) is 8.82. The molecule has 1 rings (SSSR count). The summed E-state index contributed by atoms with van der Waals surface area (Å²) in [4.78, 5) is 0. The van der Waals surface area contributed by atoms with E-state index in [1.54, 1.807) is 3.07 Å². The van der Waals surface area contributed by atoms with Crippen LogP contribution in [-0.4, -0.2) is 7.11 Å². The monoisotopic (exact) mass is 366 g/mol. The second-order valence-electron chi connectivity index (χ2n) is 3.67. The van der Waals surface area contributed by atoms with Crippen molar-refractivity contribution in [2.24, 2.45) is 0 Å². The van der Waals surface area contributed by atoms with Crippen LogP contribution in [0.1, 0.15) is 22.3 Å². The van der Waals surface area contributed by atoms with E-state index in [1.165, 1.54) is 22.3 Å². The molecule has 1 aromatic rings. The number of aryl methyl sites for hydroxylation is 2. The average Bonchev–Trinajstić information content (AvgIpc) is 2.09. The SMILES string of the molecule is C[O][Hg][c]1c(C)c(C)cc(C)c1C. The predicted molar refractivity (Wildman–Crippen MR) is 52.0 cm³/mol. The van der Waals surface area contributed by atoms with Gasteiger partial charge in [0.1, 0.15) is 0 Å². The summed E-state index contributed by atoms with van der Waals surface area (Å²) in [5.41, 5.74) is 5.75. The summed E-state index contributed by atoms with van der Waals surface area (Å²) in [6, 6.07) is 2.28. The molecular weight excluding hydrogens is 349 g/mol. The van der Waals surface area contributed by atoms with Crippen LogP contribution in [0.15, 0.2) is 6.07 Å². The molecule has 0 heterocycles. The fraction of sp³-hybridized carbons (Fsp3) is 0.455. The fourth-order valence-electron chi connectivity index (χ4n) is 1.66. The Hall–Kier alpha value is 0.115. The molecular formula is C11H16HgO. The van der Waals surface area contributed by atoms with Crippen LogP contribution in [0.4, 0.5) is 0 Å². The van der Waals surface area contributed by atoms with Gasteiger partial charge >= 0.3 is 93.9 Å². The van der Waals surface area contributed by atoms with Crippen LogP contribution in [0.2, 0.25) is 0 Å². The van der Waals surface area contributed by atoms with Gasteiger partial charge in [-0.25, -0.2) is 0 Å². The first-order valence-electron chi connectivity index (χ1n) is 4.63. The molecule has 1 aromatic carbocycles. The zero-order valence-corrected chi connectivity index (χ0v) is 14.7. The van der Waals surface area contributed by atoms with Crippen LogP contribution < -0.4 is 3.07 Å². The van der Waals surface area contributed by atoms with Crippen LogP contribution in [0.3, 0.4) is 0 Å². The molecule has 0 bridgehead atoms. The Morgan fingerprint density at radius 3 is 1.85 bits per heavy atom. The zero-order chi connectivity index (χ0) is 10.0. The van der Waals surface area contributed by atoms with E-state index in [0.29, 0.717) is 0 Å². The Balaban J connectivity index is 3.28. The first-order valence-corrected chi connectivity index (χ1v) is 9.62. The molecule has 0 aromatic heterocycles. The molecule has 0 aliphatic rings. The molecule has 0 amide bonds. The predicted octanol–water partition coefficient (Wildman–Crippen LogP) is 2.19. The third-order valence-electron chi connectivity index (χ3n) is 2.81. The molecule has 0 saturated heterocycles. The van der Waals surface area contributed by atoms with Crippen molar-refractivity contribution in [2.75, 3.05) is 7.11 Å². The Morgan fingerprint density at radius 2 is 1.46 bits per heavy atom. The molecule has 0 fully saturated rings. The summed E-state index contributed by atoms with van der Waals surface area (Å²) >= 11 is -1.24. The van der Waals surface area contributed by atoms with Gasteiger partial charge in [0.15, 0.2) is 0 Å². The maximum atomic E-state index is 5.42. The van der Waals surface area contributed by atoms with Crippen molar-refractivity contribution in [3.63, 3.8) is 0 Å². The van der Waals surface area contributed by atoms with Gasteiger partial charge in [-0.2, -0.15) is 0 Å². The van der Waals surface area contributed by atoms with Crippen molar-refractivity contribution >= 4 is 3.07 Å². The fourth-order valence-corrected chi connectivity index (χ4v) is 6.63. The third kappa shape index (κ3) is 2.32. The van der Waals surface area contributed by atoms with Crippen LogP contribution >= 0.6 is 0 Å². The second-order valence-corrected chi connectivity index (χ2v) is 9.79. The number of hydrogen-bond acceptors (Lipinski definition) is 1. The van der Waals surface area contributed by atoms with Crippen LogP contribution in [0.5, 0.6) is 0 Å². The molecule has 2 heteroatoms. The number of benzene rings is 1. The van der Waals surface area contributed by atoms with Gasteiger partial charge in [-0.05, 0) is 0 Å². The van der Waals surface area contributed by atoms with Crippen LogP contribution in [0, 0.1) is 27.7 Å². The van der Waals surface area contributed by atoms with Gasteiger partial charge in [-0.15, -0.1) is 0 Å². The van der Waals surface area contributed by atoms with E-state index in [1.807, 2.05) is 7.11 Å². The molecule has 0 unspecified atom stereocenters. The molecule has 13 heavy (non-hydrogen) atoms. The molecule has 0 spiro atoms. The molecule has 68 valence electrons. The summed E-state index contributed by atoms with van der Waals surface area (Å²) in [5, 5.41) is 0. The first-order chi connectivity index (χ1) is 6.07. The van der Waals surface area contributed by atoms with E-state index in [9.17, 15) is 0 Å². The molecule has 0 saturated carbocycles. The van der Waals surface area contributed by atoms with Gasteiger partial charge in [-0.1, -0.05) is 0 Å². The summed E-state index contributed by atoms with van der Waals surface area (Å²) in [5.74, 6) is 0. The Bertz CT molecular complexity index is 292. The minimum absolute atomic E-state index is 1.24. The Kier molecular flexibility index (Phi) is 3.93. The van der Waals surface area contributed by atoms with Crippen molar-refractivity contribution in [2.45, 2.75) is 27.7 Å². The quantitative estimate of drug-likeness (QED) is 0.731. The van der Waals surface area contributed by atoms with Gasteiger partial charge in [0, 0.05) is 0 Å². The third-order valence-corrected chi connectivity index (χ3v) is 9.18. The van der Waals surface area contributed by atoms with E-state index in [0.717, 1.165) is 0 Å². The number of hydrogen-bond donors (Lipinski definition) is 0. The van der Waals surface area contributed by atoms with E-state index in [-0.39, 0.29) is 0 Å². The van der Waals surface area contributed by atoms with Crippen molar-refractivity contribution < 1.29 is 27.7 Å². The molecule has 0 aliphatic carbocycles. The first kappa shape index (κ1) is 11.2. The molecule has 0 N–H and O–H groups in total. The van der Waals surface area contributed by atoms with Crippen molar-refractivity contribution in [3.05, 3.63) is 28.3 Å². The Labute approximate surface area is 93.6 Å². The summed E-state index contributed by atoms with van der Waals surface area (Å²) < 4.78 is 6.99. The molecule has 0 radical (unpaired) electrons.